The molecule has 1 heterocycles. The fourth-order valence-electron chi connectivity index (χ4n) is 1.82. The van der Waals surface area contributed by atoms with Gasteiger partial charge in [0.2, 0.25) is 10.0 Å². The molecule has 2 amide bonds. The van der Waals surface area contributed by atoms with E-state index in [1.54, 1.807) is 23.7 Å². The summed E-state index contributed by atoms with van der Waals surface area (Å²) in [5, 5.41) is 7.44. The summed E-state index contributed by atoms with van der Waals surface area (Å²) in [7, 11) is -3.43. The van der Waals surface area contributed by atoms with E-state index in [1.807, 2.05) is 13.8 Å². The molecular weight excluding hydrogens is 364 g/mol. The number of rotatable bonds is 7. The third-order valence-electron chi connectivity index (χ3n) is 2.76. The third kappa shape index (κ3) is 6.59. The molecule has 0 spiro atoms. The van der Waals surface area contributed by atoms with Gasteiger partial charge < -0.3 is 10.1 Å². The van der Waals surface area contributed by atoms with E-state index in [4.69, 9.17) is 4.74 Å². The molecule has 1 aromatic carbocycles. The smallest absolute Gasteiger partial charge is 0.325 e. The second-order valence-corrected chi connectivity index (χ2v) is 8.35. The molecule has 0 saturated carbocycles. The van der Waals surface area contributed by atoms with E-state index >= 15 is 0 Å². The van der Waals surface area contributed by atoms with Crippen molar-refractivity contribution in [3.05, 3.63) is 29.8 Å². The number of benzene rings is 1. The number of carbonyl (C=O) groups excluding carboxylic acids is 1. The highest BCUT2D eigenvalue weighted by Crippen LogP contribution is 2.29. The molecular formula is C15H20N4O4S2. The first-order chi connectivity index (χ1) is 11.7. The zero-order chi connectivity index (χ0) is 18.4. The maximum Gasteiger partial charge on any atom is 0.325 e. The molecule has 1 aromatic heterocycles. The Labute approximate surface area is 150 Å². The predicted molar refractivity (Wildman–Crippen MR) is 100.0 cm³/mol. The van der Waals surface area contributed by atoms with Gasteiger partial charge in [0, 0.05) is 11.6 Å². The van der Waals surface area contributed by atoms with Crippen molar-refractivity contribution in [2.24, 2.45) is 5.92 Å². The van der Waals surface area contributed by atoms with Gasteiger partial charge in [-0.3, -0.25) is 10.0 Å². The molecule has 8 nitrogen and oxygen atoms in total. The SMILES string of the molecule is CC(C)COc1ccc(NS(C)(=O)=O)cc1NC(=O)Nc1nccs1. The molecule has 0 bridgehead atoms. The van der Waals surface area contributed by atoms with Crippen LogP contribution in [0.2, 0.25) is 0 Å². The van der Waals surface area contributed by atoms with Crippen LogP contribution in [0.25, 0.3) is 0 Å². The van der Waals surface area contributed by atoms with Crippen molar-refractivity contribution in [2.75, 3.05) is 28.2 Å². The first-order valence-electron chi connectivity index (χ1n) is 7.45. The molecule has 0 aliphatic carbocycles. The quantitative estimate of drug-likeness (QED) is 0.679. The van der Waals surface area contributed by atoms with Gasteiger partial charge in [0.15, 0.2) is 5.13 Å². The van der Waals surface area contributed by atoms with E-state index in [0.717, 1.165) is 6.26 Å². The van der Waals surface area contributed by atoms with Gasteiger partial charge in [-0.2, -0.15) is 0 Å². The second kappa shape index (κ2) is 8.17. The maximum atomic E-state index is 12.1. The van der Waals surface area contributed by atoms with Crippen LogP contribution in [0.3, 0.4) is 0 Å². The van der Waals surface area contributed by atoms with E-state index in [2.05, 4.69) is 20.3 Å². The number of urea groups is 1. The standard InChI is InChI=1S/C15H20N4O4S2/c1-10(2)9-23-13-5-4-11(19-25(3,21)22)8-12(13)17-14(20)18-15-16-6-7-24-15/h4-8,10,19H,9H2,1-3H3,(H2,16,17,18,20). The Balaban J connectivity index is 2.19. The molecule has 0 fully saturated rings. The average Bonchev–Trinajstić information content (AvgIpc) is 2.97. The van der Waals surface area contributed by atoms with Crippen molar-refractivity contribution in [3.63, 3.8) is 0 Å². The van der Waals surface area contributed by atoms with E-state index < -0.39 is 16.1 Å². The van der Waals surface area contributed by atoms with Gasteiger partial charge >= 0.3 is 6.03 Å². The Morgan fingerprint density at radius 3 is 2.68 bits per heavy atom. The molecule has 3 N–H and O–H groups in total. The molecule has 2 rings (SSSR count). The summed E-state index contributed by atoms with van der Waals surface area (Å²) in [4.78, 5) is 16.1. The number of hydrogen-bond donors (Lipinski definition) is 3. The van der Waals surface area contributed by atoms with Crippen LogP contribution in [0.15, 0.2) is 29.8 Å². The van der Waals surface area contributed by atoms with Gasteiger partial charge in [0.1, 0.15) is 5.75 Å². The second-order valence-electron chi connectivity index (χ2n) is 5.71. The lowest BCUT2D eigenvalue weighted by atomic mass is 10.2. The summed E-state index contributed by atoms with van der Waals surface area (Å²) < 4.78 is 30.8. The average molecular weight is 384 g/mol. The number of carbonyl (C=O) groups is 1. The molecule has 25 heavy (non-hydrogen) atoms. The summed E-state index contributed by atoms with van der Waals surface area (Å²) in [6.45, 7) is 4.46. The zero-order valence-electron chi connectivity index (χ0n) is 14.1. The van der Waals surface area contributed by atoms with Crippen LogP contribution in [0.5, 0.6) is 5.75 Å². The van der Waals surface area contributed by atoms with E-state index in [-0.39, 0.29) is 0 Å². The van der Waals surface area contributed by atoms with Crippen molar-refractivity contribution >= 4 is 43.9 Å². The van der Waals surface area contributed by atoms with E-state index in [9.17, 15) is 13.2 Å². The molecule has 0 unspecified atom stereocenters. The van der Waals surface area contributed by atoms with Gasteiger partial charge in [0.25, 0.3) is 0 Å². The van der Waals surface area contributed by atoms with E-state index in [0.29, 0.717) is 34.8 Å². The summed E-state index contributed by atoms with van der Waals surface area (Å²) in [5.41, 5.74) is 0.673. The highest BCUT2D eigenvalue weighted by atomic mass is 32.2. The molecule has 0 aliphatic heterocycles. The Hall–Kier alpha value is -2.33. The van der Waals surface area contributed by atoms with Crippen LogP contribution in [0.1, 0.15) is 13.8 Å². The van der Waals surface area contributed by atoms with Gasteiger partial charge in [-0.15, -0.1) is 11.3 Å². The molecule has 10 heteroatoms. The van der Waals surface area contributed by atoms with Crippen molar-refractivity contribution in [1.29, 1.82) is 0 Å². The maximum absolute atomic E-state index is 12.1. The number of nitrogens with one attached hydrogen (secondary N) is 3. The van der Waals surface area contributed by atoms with Crippen molar-refractivity contribution < 1.29 is 17.9 Å². The largest absolute Gasteiger partial charge is 0.491 e. The number of amides is 2. The lowest BCUT2D eigenvalue weighted by Crippen LogP contribution is -2.20. The Morgan fingerprint density at radius 1 is 1.32 bits per heavy atom. The zero-order valence-corrected chi connectivity index (χ0v) is 15.7. The van der Waals surface area contributed by atoms with Crippen LogP contribution < -0.4 is 20.1 Å². The number of aromatic nitrogens is 1. The van der Waals surface area contributed by atoms with Gasteiger partial charge in [-0.05, 0) is 24.1 Å². The molecule has 136 valence electrons. The van der Waals surface area contributed by atoms with Crippen LogP contribution in [0, 0.1) is 5.92 Å². The minimum absolute atomic E-state index is 0.297. The predicted octanol–water partition coefficient (Wildman–Crippen LogP) is 3.19. The summed E-state index contributed by atoms with van der Waals surface area (Å²) >= 11 is 1.29. The first kappa shape index (κ1) is 19.0. The molecule has 0 saturated heterocycles. The van der Waals surface area contributed by atoms with Crippen molar-refractivity contribution in [3.8, 4) is 5.75 Å². The fourth-order valence-corrected chi connectivity index (χ4v) is 2.90. The van der Waals surface area contributed by atoms with Crippen LogP contribution in [0.4, 0.5) is 21.3 Å². The van der Waals surface area contributed by atoms with E-state index in [1.165, 1.54) is 17.4 Å². The topological polar surface area (TPSA) is 109 Å². The number of anilines is 3. The minimum atomic E-state index is -3.43. The molecule has 0 aliphatic rings. The highest BCUT2D eigenvalue weighted by Gasteiger charge is 2.12. The van der Waals surface area contributed by atoms with Crippen molar-refractivity contribution in [1.82, 2.24) is 4.98 Å². The highest BCUT2D eigenvalue weighted by molar-refractivity contribution is 7.92. The summed E-state index contributed by atoms with van der Waals surface area (Å²) in [5.74, 6) is 0.743. The van der Waals surface area contributed by atoms with Crippen molar-refractivity contribution in [2.45, 2.75) is 13.8 Å². The Bertz CT molecular complexity index is 820. The molecule has 0 radical (unpaired) electrons. The minimum Gasteiger partial charge on any atom is -0.491 e. The Morgan fingerprint density at radius 2 is 2.08 bits per heavy atom. The number of sulfonamides is 1. The monoisotopic (exact) mass is 384 g/mol. The lowest BCUT2D eigenvalue weighted by molar-refractivity contribution is 0.260. The van der Waals surface area contributed by atoms with Gasteiger partial charge in [-0.25, -0.2) is 18.2 Å². The Kier molecular flexibility index (Phi) is 6.21. The lowest BCUT2D eigenvalue weighted by Gasteiger charge is -2.15. The number of thiazole rings is 1. The number of ether oxygens (including phenoxy) is 1. The third-order valence-corrected chi connectivity index (χ3v) is 4.05. The molecule has 2 aromatic rings. The molecule has 0 atom stereocenters. The number of nitrogens with zero attached hydrogens (tertiary/aromatic N) is 1. The summed E-state index contributed by atoms with van der Waals surface area (Å²) in [6, 6.07) is 4.18. The van der Waals surface area contributed by atoms with Crippen LogP contribution in [-0.4, -0.2) is 32.3 Å². The van der Waals surface area contributed by atoms with Crippen LogP contribution >= 0.6 is 11.3 Å². The first-order valence-corrected chi connectivity index (χ1v) is 10.2. The van der Waals surface area contributed by atoms with Gasteiger partial charge in [0.05, 0.1) is 24.2 Å². The normalized spacial score (nSPS) is 11.2. The summed E-state index contributed by atoms with van der Waals surface area (Å²) in [6.07, 6.45) is 2.63. The fraction of sp³-hybridized carbons (Fsp3) is 0.333. The van der Waals surface area contributed by atoms with Crippen LogP contribution in [-0.2, 0) is 10.0 Å². The van der Waals surface area contributed by atoms with Gasteiger partial charge in [-0.1, -0.05) is 13.8 Å². The number of hydrogen-bond acceptors (Lipinski definition) is 6.